The van der Waals surface area contributed by atoms with E-state index in [2.05, 4.69) is 18.8 Å². The molecule has 0 saturated carbocycles. The van der Waals surface area contributed by atoms with E-state index >= 15 is 0 Å². The molecule has 3 heteroatoms. The number of rotatable bonds is 1. The third kappa shape index (κ3) is 2.02. The molecule has 0 fully saturated rings. The molecule has 1 aromatic carbocycles. The van der Waals surface area contributed by atoms with E-state index in [0.717, 1.165) is 16.6 Å². The minimum Gasteiger partial charge on any atom is -0.253 e. The minimum atomic E-state index is -0.238. The van der Waals surface area contributed by atoms with Gasteiger partial charge in [-0.3, -0.25) is 4.98 Å². The fourth-order valence-corrected chi connectivity index (χ4v) is 2.66. The normalized spacial score (nSPS) is 11.5. The lowest BCUT2D eigenvalue weighted by atomic mass is 9.98. The molecule has 0 spiro atoms. The Morgan fingerprint density at radius 2 is 1.88 bits per heavy atom. The first-order chi connectivity index (χ1) is 7.91. The van der Waals surface area contributed by atoms with Crippen LogP contribution in [0.2, 0.25) is 5.02 Å². The smallest absolute Gasteiger partial charge is 0.128 e. The number of aryl methyl sites for hydroxylation is 2. The van der Waals surface area contributed by atoms with E-state index in [4.69, 9.17) is 11.6 Å². The number of pyridine rings is 1. The Morgan fingerprint density at radius 3 is 2.47 bits per heavy atom. The quantitative estimate of drug-likeness (QED) is 0.712. The fraction of sp³-hybridized carbons (Fsp3) is 0.357. The molecule has 90 valence electrons. The molecule has 0 aliphatic carbocycles. The summed E-state index contributed by atoms with van der Waals surface area (Å²) in [6, 6.07) is 3.22. The van der Waals surface area contributed by atoms with Gasteiger partial charge < -0.3 is 0 Å². The zero-order valence-corrected chi connectivity index (χ0v) is 11.2. The van der Waals surface area contributed by atoms with Crippen molar-refractivity contribution < 1.29 is 4.39 Å². The van der Waals surface area contributed by atoms with Crippen LogP contribution in [0, 0.1) is 19.7 Å². The minimum absolute atomic E-state index is 0.238. The van der Waals surface area contributed by atoms with Crippen molar-refractivity contribution >= 4 is 22.5 Å². The van der Waals surface area contributed by atoms with Gasteiger partial charge in [0, 0.05) is 17.1 Å². The highest BCUT2D eigenvalue weighted by molar-refractivity contribution is 6.36. The zero-order valence-electron chi connectivity index (χ0n) is 10.4. The molecule has 1 heterocycles. The maximum absolute atomic E-state index is 13.5. The lowest BCUT2D eigenvalue weighted by Crippen LogP contribution is -1.99. The van der Waals surface area contributed by atoms with Gasteiger partial charge in [0.1, 0.15) is 5.82 Å². The van der Waals surface area contributed by atoms with Crippen LogP contribution in [0.5, 0.6) is 0 Å². The highest BCUT2D eigenvalue weighted by Crippen LogP contribution is 2.33. The Labute approximate surface area is 106 Å². The van der Waals surface area contributed by atoms with E-state index in [1.165, 1.54) is 6.07 Å². The van der Waals surface area contributed by atoms with E-state index in [1.54, 1.807) is 13.0 Å². The van der Waals surface area contributed by atoms with Gasteiger partial charge in [0.15, 0.2) is 0 Å². The number of halogens is 2. The summed E-state index contributed by atoms with van der Waals surface area (Å²) >= 11 is 6.40. The van der Waals surface area contributed by atoms with E-state index in [-0.39, 0.29) is 5.82 Å². The number of hydrogen-bond donors (Lipinski definition) is 0. The summed E-state index contributed by atoms with van der Waals surface area (Å²) in [6.45, 7) is 7.81. The summed E-state index contributed by atoms with van der Waals surface area (Å²) in [4.78, 5) is 4.44. The van der Waals surface area contributed by atoms with E-state index < -0.39 is 0 Å². The molecule has 0 atom stereocenters. The predicted octanol–water partition coefficient (Wildman–Crippen LogP) is 4.77. The molecule has 0 aliphatic heterocycles. The van der Waals surface area contributed by atoms with Crippen molar-refractivity contribution in [3.05, 3.63) is 39.8 Å². The van der Waals surface area contributed by atoms with Crippen LogP contribution >= 0.6 is 11.6 Å². The van der Waals surface area contributed by atoms with Gasteiger partial charge in [-0.25, -0.2) is 4.39 Å². The monoisotopic (exact) mass is 251 g/mol. The summed E-state index contributed by atoms with van der Waals surface area (Å²) in [5.74, 6) is 0.0718. The summed E-state index contributed by atoms with van der Waals surface area (Å²) in [6.07, 6.45) is 0. The number of aromatic nitrogens is 1. The van der Waals surface area contributed by atoms with Crippen LogP contribution in [0.15, 0.2) is 12.1 Å². The topological polar surface area (TPSA) is 12.9 Å². The van der Waals surface area contributed by atoms with Crippen molar-refractivity contribution in [3.63, 3.8) is 0 Å². The second kappa shape index (κ2) is 4.26. The Morgan fingerprint density at radius 1 is 1.24 bits per heavy atom. The van der Waals surface area contributed by atoms with E-state index in [9.17, 15) is 4.39 Å². The van der Waals surface area contributed by atoms with E-state index in [0.29, 0.717) is 22.0 Å². The molecule has 1 nitrogen and oxygen atoms in total. The zero-order chi connectivity index (χ0) is 12.7. The Balaban J connectivity index is 2.87. The molecule has 0 N–H and O–H groups in total. The van der Waals surface area contributed by atoms with Crippen LogP contribution in [0.4, 0.5) is 4.39 Å². The van der Waals surface area contributed by atoms with Crippen LogP contribution in [0.1, 0.15) is 36.6 Å². The van der Waals surface area contributed by atoms with Crippen molar-refractivity contribution in [2.45, 2.75) is 33.6 Å². The van der Waals surface area contributed by atoms with E-state index in [1.807, 2.05) is 6.92 Å². The van der Waals surface area contributed by atoms with Gasteiger partial charge in [-0.2, -0.15) is 0 Å². The molecule has 0 bridgehead atoms. The van der Waals surface area contributed by atoms with Crippen molar-refractivity contribution in [3.8, 4) is 0 Å². The second-order valence-electron chi connectivity index (χ2n) is 4.70. The van der Waals surface area contributed by atoms with Gasteiger partial charge >= 0.3 is 0 Å². The second-order valence-corrected chi connectivity index (χ2v) is 5.08. The first kappa shape index (κ1) is 12.3. The molecule has 0 radical (unpaired) electrons. The van der Waals surface area contributed by atoms with Crippen molar-refractivity contribution in [2.75, 3.05) is 0 Å². The van der Waals surface area contributed by atoms with Crippen LogP contribution < -0.4 is 0 Å². The molecule has 0 saturated heterocycles. The third-order valence-electron chi connectivity index (χ3n) is 3.01. The van der Waals surface area contributed by atoms with Crippen molar-refractivity contribution in [2.24, 2.45) is 0 Å². The van der Waals surface area contributed by atoms with Gasteiger partial charge in [0.2, 0.25) is 0 Å². The summed E-state index contributed by atoms with van der Waals surface area (Å²) in [5.41, 5.74) is 3.14. The largest absolute Gasteiger partial charge is 0.253 e. The maximum atomic E-state index is 13.5. The van der Waals surface area contributed by atoms with Crippen LogP contribution in [0.25, 0.3) is 10.9 Å². The Hall–Kier alpha value is -1.15. The van der Waals surface area contributed by atoms with Gasteiger partial charge in [-0.15, -0.1) is 0 Å². The fourth-order valence-electron chi connectivity index (χ4n) is 2.16. The molecule has 0 unspecified atom stereocenters. The lowest BCUT2D eigenvalue weighted by Gasteiger charge is -2.14. The SMILES string of the molecule is Cc1cc2c(Cl)c(C(C)C)c(C)nc2cc1F. The van der Waals surface area contributed by atoms with Gasteiger partial charge in [0.05, 0.1) is 10.5 Å². The van der Waals surface area contributed by atoms with Crippen molar-refractivity contribution in [1.82, 2.24) is 4.98 Å². The standard InChI is InChI=1S/C14H15ClFN/c1-7(2)13-9(4)17-12-6-11(16)8(3)5-10(12)14(13)15/h5-7H,1-4H3. The van der Waals surface area contributed by atoms with Gasteiger partial charge in [0.25, 0.3) is 0 Å². The third-order valence-corrected chi connectivity index (χ3v) is 3.41. The van der Waals surface area contributed by atoms with Crippen LogP contribution in [-0.2, 0) is 0 Å². The molecule has 0 aliphatic rings. The van der Waals surface area contributed by atoms with Crippen LogP contribution in [0.3, 0.4) is 0 Å². The highest BCUT2D eigenvalue weighted by Gasteiger charge is 2.15. The van der Waals surface area contributed by atoms with Gasteiger partial charge in [-0.1, -0.05) is 25.4 Å². The number of fused-ring (bicyclic) bond motifs is 1. The number of nitrogens with zero attached hydrogens (tertiary/aromatic N) is 1. The number of benzene rings is 1. The highest BCUT2D eigenvalue weighted by atomic mass is 35.5. The molecular weight excluding hydrogens is 237 g/mol. The molecular formula is C14H15ClFN. The predicted molar refractivity (Wildman–Crippen MR) is 70.3 cm³/mol. The molecule has 1 aromatic heterocycles. The number of hydrogen-bond acceptors (Lipinski definition) is 1. The summed E-state index contributed by atoms with van der Waals surface area (Å²) in [7, 11) is 0. The average molecular weight is 252 g/mol. The lowest BCUT2D eigenvalue weighted by molar-refractivity contribution is 0.620. The summed E-state index contributed by atoms with van der Waals surface area (Å²) < 4.78 is 13.5. The molecule has 17 heavy (non-hydrogen) atoms. The van der Waals surface area contributed by atoms with Crippen LogP contribution in [-0.4, -0.2) is 4.98 Å². The Bertz CT molecular complexity index is 591. The Kier molecular flexibility index (Phi) is 3.09. The first-order valence-electron chi connectivity index (χ1n) is 5.67. The maximum Gasteiger partial charge on any atom is 0.128 e. The van der Waals surface area contributed by atoms with Gasteiger partial charge in [-0.05, 0) is 37.0 Å². The molecule has 2 rings (SSSR count). The molecule has 0 amide bonds. The first-order valence-corrected chi connectivity index (χ1v) is 6.05. The van der Waals surface area contributed by atoms with Crippen molar-refractivity contribution in [1.29, 1.82) is 0 Å². The molecule has 2 aromatic rings. The average Bonchev–Trinajstić information content (AvgIpc) is 2.21. The summed E-state index contributed by atoms with van der Waals surface area (Å²) in [5, 5.41) is 1.53.